The number of amides is 4. The smallest absolute Gasteiger partial charge is 0.269 e. The zero-order valence-corrected chi connectivity index (χ0v) is 15.9. The molecule has 28 heavy (non-hydrogen) atoms. The summed E-state index contributed by atoms with van der Waals surface area (Å²) >= 11 is 11.7. The Morgan fingerprint density at radius 2 is 1.43 bits per heavy atom. The van der Waals surface area contributed by atoms with Crippen LogP contribution < -0.4 is 21.5 Å². The maximum absolute atomic E-state index is 12.0. The maximum Gasteiger partial charge on any atom is 0.269 e. The van der Waals surface area contributed by atoms with Crippen LogP contribution in [0.2, 0.25) is 10.0 Å². The van der Waals surface area contributed by atoms with Gasteiger partial charge in [-0.05, 0) is 30.3 Å². The van der Waals surface area contributed by atoms with Crippen LogP contribution in [0.5, 0.6) is 0 Å². The summed E-state index contributed by atoms with van der Waals surface area (Å²) in [6.45, 7) is -0.743. The molecule has 0 heterocycles. The molecular formula is C18H16Cl2N4O4. The highest BCUT2D eigenvalue weighted by molar-refractivity contribution is 6.36. The van der Waals surface area contributed by atoms with Crippen molar-refractivity contribution in [1.82, 2.24) is 21.5 Å². The van der Waals surface area contributed by atoms with Gasteiger partial charge in [-0.15, -0.1) is 0 Å². The number of carbonyl (C=O) groups excluding carboxylic acids is 4. The van der Waals surface area contributed by atoms with E-state index in [0.717, 1.165) is 0 Å². The van der Waals surface area contributed by atoms with Gasteiger partial charge in [0, 0.05) is 10.6 Å². The lowest BCUT2D eigenvalue weighted by Gasteiger charge is -2.09. The lowest BCUT2D eigenvalue weighted by molar-refractivity contribution is -0.125. The molecule has 0 aliphatic rings. The van der Waals surface area contributed by atoms with Crippen molar-refractivity contribution in [1.29, 1.82) is 0 Å². The van der Waals surface area contributed by atoms with E-state index in [1.807, 2.05) is 0 Å². The van der Waals surface area contributed by atoms with Crippen LogP contribution in [0.3, 0.4) is 0 Å². The number of rotatable bonds is 6. The highest BCUT2D eigenvalue weighted by Gasteiger charge is 2.13. The van der Waals surface area contributed by atoms with Gasteiger partial charge in [-0.25, -0.2) is 0 Å². The zero-order chi connectivity index (χ0) is 20.5. The fourth-order valence-electron chi connectivity index (χ4n) is 2.00. The molecule has 0 radical (unpaired) electrons. The largest absolute Gasteiger partial charge is 0.345 e. The Hall–Kier alpha value is -3.10. The maximum atomic E-state index is 12.0. The Balaban J connectivity index is 1.69. The first-order valence-electron chi connectivity index (χ1n) is 8.01. The molecule has 4 amide bonds. The molecule has 0 saturated carbocycles. The first-order valence-corrected chi connectivity index (χ1v) is 8.76. The average molecular weight is 423 g/mol. The van der Waals surface area contributed by atoms with E-state index in [1.165, 1.54) is 18.2 Å². The van der Waals surface area contributed by atoms with Crippen molar-refractivity contribution in [2.24, 2.45) is 0 Å². The Morgan fingerprint density at radius 1 is 0.750 bits per heavy atom. The normalized spacial score (nSPS) is 9.93. The number of halogens is 2. The lowest BCUT2D eigenvalue weighted by atomic mass is 10.2. The highest BCUT2D eigenvalue weighted by Crippen LogP contribution is 2.20. The van der Waals surface area contributed by atoms with Gasteiger partial charge in [0.2, 0.25) is 5.91 Å². The van der Waals surface area contributed by atoms with Crippen LogP contribution in [-0.2, 0) is 9.59 Å². The monoisotopic (exact) mass is 422 g/mol. The first-order chi connectivity index (χ1) is 13.4. The summed E-state index contributed by atoms with van der Waals surface area (Å²) in [5.74, 6) is -2.28. The molecule has 0 aliphatic carbocycles. The molecule has 2 rings (SSSR count). The summed E-state index contributed by atoms with van der Waals surface area (Å²) in [5, 5.41) is 5.21. The van der Waals surface area contributed by atoms with E-state index in [1.54, 1.807) is 30.3 Å². The summed E-state index contributed by atoms with van der Waals surface area (Å²) < 4.78 is 0. The first kappa shape index (κ1) is 21.2. The lowest BCUT2D eigenvalue weighted by Crippen LogP contribution is -2.47. The molecule has 0 saturated heterocycles. The molecule has 0 aliphatic heterocycles. The molecule has 10 heteroatoms. The quantitative estimate of drug-likeness (QED) is 0.524. The van der Waals surface area contributed by atoms with E-state index < -0.39 is 23.6 Å². The standard InChI is InChI=1S/C18H16Cl2N4O4/c19-12-6-7-13(14(20)8-12)18(28)22-9-15(25)21-10-16(26)23-24-17(27)11-4-2-1-3-5-11/h1-8H,9-10H2,(H,21,25)(H,22,28)(H,23,26)(H,24,27). The molecule has 0 aromatic heterocycles. The van der Waals surface area contributed by atoms with Gasteiger partial charge < -0.3 is 10.6 Å². The molecule has 0 spiro atoms. The van der Waals surface area contributed by atoms with Crippen LogP contribution in [0.4, 0.5) is 0 Å². The molecule has 4 N–H and O–H groups in total. The van der Waals surface area contributed by atoms with Crippen molar-refractivity contribution in [3.8, 4) is 0 Å². The molecule has 0 bridgehead atoms. The predicted octanol–water partition coefficient (Wildman–Crippen LogP) is 1.30. The molecule has 8 nitrogen and oxygen atoms in total. The van der Waals surface area contributed by atoms with E-state index in [4.69, 9.17) is 23.2 Å². The van der Waals surface area contributed by atoms with E-state index in [9.17, 15) is 19.2 Å². The SMILES string of the molecule is O=C(CNC(=O)c1ccc(Cl)cc1Cl)NCC(=O)NNC(=O)c1ccccc1. The van der Waals surface area contributed by atoms with Gasteiger partial charge in [0.15, 0.2) is 0 Å². The van der Waals surface area contributed by atoms with Gasteiger partial charge in [0.1, 0.15) is 0 Å². The van der Waals surface area contributed by atoms with Crippen molar-refractivity contribution < 1.29 is 19.2 Å². The third-order valence-corrected chi connectivity index (χ3v) is 3.93. The molecular weight excluding hydrogens is 407 g/mol. The minimum Gasteiger partial charge on any atom is -0.345 e. The number of nitrogens with one attached hydrogen (secondary N) is 4. The second kappa shape index (κ2) is 10.3. The average Bonchev–Trinajstić information content (AvgIpc) is 2.69. The molecule has 2 aromatic carbocycles. The van der Waals surface area contributed by atoms with Crippen molar-refractivity contribution in [3.05, 3.63) is 69.7 Å². The summed E-state index contributed by atoms with van der Waals surface area (Å²) in [4.78, 5) is 47.2. The van der Waals surface area contributed by atoms with Gasteiger partial charge >= 0.3 is 0 Å². The molecule has 0 atom stereocenters. The zero-order valence-electron chi connectivity index (χ0n) is 14.4. The van der Waals surface area contributed by atoms with Gasteiger partial charge in [0.05, 0.1) is 23.7 Å². The Labute approximate surface area is 170 Å². The molecule has 2 aromatic rings. The van der Waals surface area contributed by atoms with Crippen LogP contribution in [0.1, 0.15) is 20.7 Å². The van der Waals surface area contributed by atoms with Crippen molar-refractivity contribution in [3.63, 3.8) is 0 Å². The van der Waals surface area contributed by atoms with Crippen LogP contribution in [0, 0.1) is 0 Å². The van der Waals surface area contributed by atoms with E-state index >= 15 is 0 Å². The van der Waals surface area contributed by atoms with Gasteiger partial charge in [-0.3, -0.25) is 30.0 Å². The highest BCUT2D eigenvalue weighted by atomic mass is 35.5. The van der Waals surface area contributed by atoms with Gasteiger partial charge in [-0.2, -0.15) is 0 Å². The third kappa shape index (κ3) is 6.57. The second-order valence-electron chi connectivity index (χ2n) is 5.45. The van der Waals surface area contributed by atoms with Crippen molar-refractivity contribution in [2.75, 3.05) is 13.1 Å². The summed E-state index contributed by atoms with van der Waals surface area (Å²) in [5.41, 5.74) is 4.93. The van der Waals surface area contributed by atoms with Crippen molar-refractivity contribution >= 4 is 46.8 Å². The van der Waals surface area contributed by atoms with Crippen molar-refractivity contribution in [2.45, 2.75) is 0 Å². The number of hydrazine groups is 1. The molecule has 0 unspecified atom stereocenters. The summed E-state index contributed by atoms with van der Waals surface area (Å²) in [7, 11) is 0. The Kier molecular flexibility index (Phi) is 7.79. The van der Waals surface area contributed by atoms with Crippen LogP contribution in [0.15, 0.2) is 48.5 Å². The molecule has 146 valence electrons. The predicted molar refractivity (Wildman–Crippen MR) is 104 cm³/mol. The number of benzene rings is 2. The fraction of sp³-hybridized carbons (Fsp3) is 0.111. The topological polar surface area (TPSA) is 116 Å². The Morgan fingerprint density at radius 3 is 2.11 bits per heavy atom. The van der Waals surface area contributed by atoms with E-state index in [-0.39, 0.29) is 23.7 Å². The van der Waals surface area contributed by atoms with Crippen LogP contribution in [-0.4, -0.2) is 36.7 Å². The Bertz CT molecular complexity index is 890. The second-order valence-corrected chi connectivity index (χ2v) is 6.30. The summed E-state index contributed by atoms with van der Waals surface area (Å²) in [6.07, 6.45) is 0. The van der Waals surface area contributed by atoms with Crippen LogP contribution in [0.25, 0.3) is 0 Å². The van der Waals surface area contributed by atoms with E-state index in [0.29, 0.717) is 10.6 Å². The fourth-order valence-corrected chi connectivity index (χ4v) is 2.50. The molecule has 0 fully saturated rings. The third-order valence-electron chi connectivity index (χ3n) is 3.38. The van der Waals surface area contributed by atoms with Gasteiger partial charge in [-0.1, -0.05) is 41.4 Å². The minimum atomic E-state index is -0.635. The number of carbonyl (C=O) groups is 4. The minimum absolute atomic E-state index is 0.152. The number of hydrogen-bond donors (Lipinski definition) is 4. The van der Waals surface area contributed by atoms with E-state index in [2.05, 4.69) is 21.5 Å². The number of hydrogen-bond acceptors (Lipinski definition) is 4. The van der Waals surface area contributed by atoms with Gasteiger partial charge in [0.25, 0.3) is 17.7 Å². The summed E-state index contributed by atoms with van der Waals surface area (Å²) in [6, 6.07) is 12.6. The van der Waals surface area contributed by atoms with Crippen LogP contribution >= 0.6 is 23.2 Å².